The molecule has 0 aromatic rings. The summed E-state index contributed by atoms with van der Waals surface area (Å²) in [7, 11) is 0. The molecular weight excluding hydrogens is 404 g/mol. The quantitative estimate of drug-likeness (QED) is 0.344. The number of rotatable bonds is 8. The van der Waals surface area contributed by atoms with Crippen molar-refractivity contribution in [2.24, 2.45) is 52.3 Å². The Morgan fingerprint density at radius 3 is 2.45 bits per heavy atom. The van der Waals surface area contributed by atoms with Gasteiger partial charge in [-0.3, -0.25) is 4.79 Å². The fourth-order valence-electron chi connectivity index (χ4n) is 8.91. The van der Waals surface area contributed by atoms with E-state index in [0.717, 1.165) is 48.3 Å². The molecule has 4 aliphatic carbocycles. The first kappa shape index (κ1) is 25.5. The summed E-state index contributed by atoms with van der Waals surface area (Å²) in [5, 5.41) is 0. The van der Waals surface area contributed by atoms with Gasteiger partial charge in [0.2, 0.25) is 0 Å². The third kappa shape index (κ3) is 4.76. The topological polar surface area (TPSA) is 26.3 Å². The Kier molecular flexibility index (Phi) is 7.55. The Morgan fingerprint density at radius 2 is 1.76 bits per heavy atom. The van der Waals surface area contributed by atoms with Crippen molar-refractivity contribution in [1.29, 1.82) is 0 Å². The van der Waals surface area contributed by atoms with Gasteiger partial charge in [-0.25, -0.2) is 0 Å². The SMILES string of the molecule is CC(C)CC[C@@H](C)[C@H]1CC[C@H]2C3CC=C4C[C@@H](OCC(=O)C(C)C)CC[C@]4(C)[C@H]3CC[C@]12C. The van der Waals surface area contributed by atoms with Gasteiger partial charge in [0.1, 0.15) is 6.61 Å². The van der Waals surface area contributed by atoms with Crippen LogP contribution in [0.4, 0.5) is 0 Å². The summed E-state index contributed by atoms with van der Waals surface area (Å²) in [5.41, 5.74) is 2.60. The number of hydrogen-bond donors (Lipinski definition) is 0. The van der Waals surface area contributed by atoms with Crippen LogP contribution in [-0.4, -0.2) is 18.5 Å². The van der Waals surface area contributed by atoms with Gasteiger partial charge in [0.05, 0.1) is 6.10 Å². The maximum absolute atomic E-state index is 12.1. The first-order valence-corrected chi connectivity index (χ1v) is 14.4. The van der Waals surface area contributed by atoms with Crippen molar-refractivity contribution in [2.75, 3.05) is 6.61 Å². The summed E-state index contributed by atoms with van der Waals surface area (Å²) in [6, 6.07) is 0. The minimum absolute atomic E-state index is 0.0772. The van der Waals surface area contributed by atoms with E-state index in [-0.39, 0.29) is 17.8 Å². The number of ether oxygens (including phenoxy) is 1. The van der Waals surface area contributed by atoms with Gasteiger partial charge in [-0.2, -0.15) is 0 Å². The second-order valence-electron chi connectivity index (χ2n) is 13.7. The second-order valence-corrected chi connectivity index (χ2v) is 13.7. The lowest BCUT2D eigenvalue weighted by Crippen LogP contribution is -2.51. The summed E-state index contributed by atoms with van der Waals surface area (Å²) in [6.07, 6.45) is 16.2. The molecule has 0 saturated heterocycles. The minimum Gasteiger partial charge on any atom is -0.370 e. The third-order valence-electron chi connectivity index (χ3n) is 11.1. The van der Waals surface area contributed by atoms with Crippen LogP contribution in [0.3, 0.4) is 0 Å². The van der Waals surface area contributed by atoms with Gasteiger partial charge in [-0.05, 0) is 97.7 Å². The summed E-state index contributed by atoms with van der Waals surface area (Å²) in [6.45, 7) is 16.9. The molecule has 3 fully saturated rings. The molecule has 2 heteroatoms. The average molecular weight is 457 g/mol. The maximum Gasteiger partial charge on any atom is 0.160 e. The van der Waals surface area contributed by atoms with Crippen LogP contribution < -0.4 is 0 Å². The van der Waals surface area contributed by atoms with E-state index in [4.69, 9.17) is 4.74 Å². The molecule has 0 aliphatic heterocycles. The molecule has 0 amide bonds. The number of allylic oxidation sites excluding steroid dienone is 1. The molecule has 8 atom stereocenters. The average Bonchev–Trinajstić information content (AvgIpc) is 3.12. The molecule has 4 aliphatic rings. The number of ketones is 1. The lowest BCUT2D eigenvalue weighted by molar-refractivity contribution is -0.129. The molecule has 0 heterocycles. The van der Waals surface area contributed by atoms with Crippen molar-refractivity contribution >= 4 is 5.78 Å². The minimum atomic E-state index is 0.0772. The zero-order valence-corrected chi connectivity index (χ0v) is 22.8. The molecule has 0 aromatic carbocycles. The number of fused-ring (bicyclic) bond motifs is 5. The first-order chi connectivity index (χ1) is 15.6. The highest BCUT2D eigenvalue weighted by Gasteiger charge is 2.59. The lowest BCUT2D eigenvalue weighted by atomic mass is 9.47. The number of carbonyl (C=O) groups excluding carboxylic acids is 1. The van der Waals surface area contributed by atoms with E-state index in [2.05, 4.69) is 40.7 Å². The number of Topliss-reactive ketones (excluding diaryl/α,β-unsaturated/α-hetero) is 1. The van der Waals surface area contributed by atoms with Gasteiger partial charge in [0, 0.05) is 5.92 Å². The molecule has 0 radical (unpaired) electrons. The zero-order valence-electron chi connectivity index (χ0n) is 22.8. The molecule has 4 rings (SSSR count). The molecule has 0 aromatic heterocycles. The second kappa shape index (κ2) is 9.79. The first-order valence-electron chi connectivity index (χ1n) is 14.4. The Balaban J connectivity index is 1.44. The summed E-state index contributed by atoms with van der Waals surface area (Å²) in [4.78, 5) is 12.1. The monoisotopic (exact) mass is 456 g/mol. The predicted molar refractivity (Wildman–Crippen MR) is 138 cm³/mol. The fourth-order valence-corrected chi connectivity index (χ4v) is 8.91. The van der Waals surface area contributed by atoms with Gasteiger partial charge in [0.25, 0.3) is 0 Å². The van der Waals surface area contributed by atoms with Gasteiger partial charge in [-0.1, -0.05) is 73.0 Å². The highest BCUT2D eigenvalue weighted by molar-refractivity contribution is 5.81. The summed E-state index contributed by atoms with van der Waals surface area (Å²) in [5.74, 6) is 5.64. The summed E-state index contributed by atoms with van der Waals surface area (Å²) < 4.78 is 6.11. The maximum atomic E-state index is 12.1. The Hall–Kier alpha value is -0.630. The smallest absolute Gasteiger partial charge is 0.160 e. The van der Waals surface area contributed by atoms with Crippen LogP contribution in [0.25, 0.3) is 0 Å². The third-order valence-corrected chi connectivity index (χ3v) is 11.1. The van der Waals surface area contributed by atoms with Crippen LogP contribution in [0.5, 0.6) is 0 Å². The molecule has 3 saturated carbocycles. The van der Waals surface area contributed by atoms with E-state index in [1.165, 1.54) is 51.4 Å². The van der Waals surface area contributed by atoms with E-state index in [1.54, 1.807) is 5.57 Å². The van der Waals surface area contributed by atoms with Crippen molar-refractivity contribution in [3.63, 3.8) is 0 Å². The molecule has 0 bridgehead atoms. The standard InChI is InChI=1S/C31H52O2/c1-20(2)8-9-22(5)26-12-13-27-25-11-10-23-18-24(33-19-29(32)21(3)4)14-16-30(23,6)28(25)15-17-31(26,27)7/h10,20-22,24-28H,8-9,11-19H2,1-7H3/t22-,24+,25?,26-,27+,28+,30+,31-/m1/s1. The molecule has 0 N–H and O–H groups in total. The fraction of sp³-hybridized carbons (Fsp3) is 0.903. The van der Waals surface area contributed by atoms with Crippen LogP contribution in [-0.2, 0) is 9.53 Å². The number of hydrogen-bond acceptors (Lipinski definition) is 2. The molecular formula is C31H52O2. The van der Waals surface area contributed by atoms with E-state index in [9.17, 15) is 4.79 Å². The van der Waals surface area contributed by atoms with Crippen LogP contribution in [0.15, 0.2) is 11.6 Å². The van der Waals surface area contributed by atoms with Crippen LogP contribution in [0, 0.1) is 52.3 Å². The highest BCUT2D eigenvalue weighted by Crippen LogP contribution is 2.67. The molecule has 33 heavy (non-hydrogen) atoms. The lowest BCUT2D eigenvalue weighted by Gasteiger charge is -2.58. The molecule has 0 spiro atoms. The Morgan fingerprint density at radius 1 is 1.00 bits per heavy atom. The van der Waals surface area contributed by atoms with Gasteiger partial charge >= 0.3 is 0 Å². The van der Waals surface area contributed by atoms with Gasteiger partial charge in [0.15, 0.2) is 5.78 Å². The Labute approximate surface area is 204 Å². The van der Waals surface area contributed by atoms with E-state index in [0.29, 0.717) is 17.4 Å². The van der Waals surface area contributed by atoms with Gasteiger partial charge in [-0.15, -0.1) is 0 Å². The predicted octanol–water partition coefficient (Wildman–Crippen LogP) is 8.25. The Bertz CT molecular complexity index is 735. The van der Waals surface area contributed by atoms with Crippen molar-refractivity contribution in [3.8, 4) is 0 Å². The van der Waals surface area contributed by atoms with E-state index >= 15 is 0 Å². The van der Waals surface area contributed by atoms with Crippen molar-refractivity contribution in [2.45, 2.75) is 119 Å². The van der Waals surface area contributed by atoms with Crippen LogP contribution in [0.1, 0.15) is 113 Å². The highest BCUT2D eigenvalue weighted by atomic mass is 16.5. The zero-order chi connectivity index (χ0) is 24.0. The van der Waals surface area contributed by atoms with Gasteiger partial charge < -0.3 is 4.74 Å². The van der Waals surface area contributed by atoms with Crippen molar-refractivity contribution in [3.05, 3.63) is 11.6 Å². The van der Waals surface area contributed by atoms with Crippen LogP contribution >= 0.6 is 0 Å². The molecule has 188 valence electrons. The largest absolute Gasteiger partial charge is 0.370 e. The summed E-state index contributed by atoms with van der Waals surface area (Å²) >= 11 is 0. The molecule has 1 unspecified atom stereocenters. The van der Waals surface area contributed by atoms with E-state index < -0.39 is 0 Å². The van der Waals surface area contributed by atoms with Crippen LogP contribution in [0.2, 0.25) is 0 Å². The van der Waals surface area contributed by atoms with Crippen molar-refractivity contribution in [1.82, 2.24) is 0 Å². The normalized spacial score (nSPS) is 41.4. The number of carbonyl (C=O) groups is 1. The molecule has 2 nitrogen and oxygen atoms in total. The van der Waals surface area contributed by atoms with Crippen molar-refractivity contribution < 1.29 is 9.53 Å². The van der Waals surface area contributed by atoms with E-state index in [1.807, 2.05) is 13.8 Å².